The molecule has 3 heteroatoms. The van der Waals surface area contributed by atoms with E-state index in [0.717, 1.165) is 17.8 Å². The summed E-state index contributed by atoms with van der Waals surface area (Å²) in [5.41, 5.74) is 9.01. The van der Waals surface area contributed by atoms with Gasteiger partial charge in [0.1, 0.15) is 0 Å². The second kappa shape index (κ2) is 4.94. The van der Waals surface area contributed by atoms with Gasteiger partial charge in [0.15, 0.2) is 0 Å². The summed E-state index contributed by atoms with van der Waals surface area (Å²) >= 11 is 0. The molecule has 2 rings (SSSR count). The van der Waals surface area contributed by atoms with Gasteiger partial charge < -0.3 is 5.73 Å². The summed E-state index contributed by atoms with van der Waals surface area (Å²) in [6, 6.07) is 12.5. The Kier molecular flexibility index (Phi) is 3.53. The molecular formula is C15H21N3. The van der Waals surface area contributed by atoms with Crippen molar-refractivity contribution in [3.8, 4) is 11.3 Å². The third-order valence-electron chi connectivity index (χ3n) is 2.87. The van der Waals surface area contributed by atoms with Gasteiger partial charge in [0, 0.05) is 6.42 Å². The summed E-state index contributed by atoms with van der Waals surface area (Å²) in [5.74, 6) is 0. The summed E-state index contributed by atoms with van der Waals surface area (Å²) in [4.78, 5) is 0. The lowest BCUT2D eigenvalue weighted by molar-refractivity contribution is 0.357. The van der Waals surface area contributed by atoms with E-state index >= 15 is 0 Å². The van der Waals surface area contributed by atoms with Gasteiger partial charge in [-0.2, -0.15) is 5.10 Å². The first-order valence-electron chi connectivity index (χ1n) is 6.37. The highest BCUT2D eigenvalue weighted by Crippen LogP contribution is 2.26. The Morgan fingerprint density at radius 3 is 2.39 bits per heavy atom. The maximum absolute atomic E-state index is 5.62. The number of nitrogens with zero attached hydrogens (tertiary/aromatic N) is 2. The fraction of sp³-hybridized carbons (Fsp3) is 0.400. The van der Waals surface area contributed by atoms with Crippen molar-refractivity contribution >= 4 is 0 Å². The molecule has 0 aliphatic carbocycles. The van der Waals surface area contributed by atoms with Crippen LogP contribution in [0.4, 0.5) is 0 Å². The third kappa shape index (κ3) is 2.62. The molecule has 0 saturated carbocycles. The smallest absolute Gasteiger partial charge is 0.0691 e. The molecule has 0 radical (unpaired) electrons. The molecule has 0 spiro atoms. The molecule has 0 aliphatic rings. The molecule has 0 unspecified atom stereocenters. The Morgan fingerprint density at radius 2 is 1.83 bits per heavy atom. The fourth-order valence-corrected chi connectivity index (χ4v) is 2.03. The van der Waals surface area contributed by atoms with Crippen LogP contribution in [0, 0.1) is 0 Å². The predicted octanol–water partition coefficient (Wildman–Crippen LogP) is 2.81. The van der Waals surface area contributed by atoms with Crippen molar-refractivity contribution in [2.45, 2.75) is 32.7 Å². The summed E-state index contributed by atoms with van der Waals surface area (Å²) in [6.45, 7) is 7.13. The van der Waals surface area contributed by atoms with E-state index in [1.54, 1.807) is 0 Å². The fourth-order valence-electron chi connectivity index (χ4n) is 2.03. The number of rotatable bonds is 3. The Balaban J connectivity index is 2.51. The molecule has 0 amide bonds. The van der Waals surface area contributed by atoms with Gasteiger partial charge in [0.2, 0.25) is 0 Å². The van der Waals surface area contributed by atoms with Crippen molar-refractivity contribution in [1.29, 1.82) is 0 Å². The molecule has 1 heterocycles. The minimum Gasteiger partial charge on any atom is -0.330 e. The summed E-state index contributed by atoms with van der Waals surface area (Å²) in [5, 5.41) is 4.68. The summed E-state index contributed by atoms with van der Waals surface area (Å²) in [6.07, 6.45) is 0.822. The van der Waals surface area contributed by atoms with Crippen LogP contribution in [0.1, 0.15) is 26.5 Å². The van der Waals surface area contributed by atoms with E-state index in [4.69, 9.17) is 5.73 Å². The topological polar surface area (TPSA) is 43.8 Å². The number of nitrogens with two attached hydrogens (primary N) is 1. The molecule has 3 nitrogen and oxygen atoms in total. The lowest BCUT2D eigenvalue weighted by Gasteiger charge is -2.22. The summed E-state index contributed by atoms with van der Waals surface area (Å²) < 4.78 is 2.09. The Labute approximate surface area is 109 Å². The lowest BCUT2D eigenvalue weighted by atomic mass is 10.1. The Hall–Kier alpha value is -1.61. The predicted molar refractivity (Wildman–Crippen MR) is 75.4 cm³/mol. The van der Waals surface area contributed by atoms with Crippen molar-refractivity contribution in [1.82, 2.24) is 9.78 Å². The molecular weight excluding hydrogens is 222 g/mol. The van der Waals surface area contributed by atoms with Crippen molar-refractivity contribution in [2.75, 3.05) is 6.54 Å². The number of hydrogen-bond acceptors (Lipinski definition) is 2. The summed E-state index contributed by atoms with van der Waals surface area (Å²) in [7, 11) is 0. The standard InChI is InChI=1S/C15H21N3/c1-15(2,3)18-14(11-13(17-18)9-10-16)12-7-5-4-6-8-12/h4-8,11H,9-10,16H2,1-3H3. The first kappa shape index (κ1) is 12.8. The first-order valence-corrected chi connectivity index (χ1v) is 6.37. The zero-order chi connectivity index (χ0) is 13.2. The van der Waals surface area contributed by atoms with E-state index in [1.165, 1.54) is 5.56 Å². The molecule has 0 saturated heterocycles. The van der Waals surface area contributed by atoms with Gasteiger partial charge >= 0.3 is 0 Å². The first-order chi connectivity index (χ1) is 8.52. The zero-order valence-electron chi connectivity index (χ0n) is 11.4. The van der Waals surface area contributed by atoms with Gasteiger partial charge in [0.05, 0.1) is 16.9 Å². The van der Waals surface area contributed by atoms with Crippen LogP contribution in [0.15, 0.2) is 36.4 Å². The van der Waals surface area contributed by atoms with Crippen LogP contribution >= 0.6 is 0 Å². The van der Waals surface area contributed by atoms with E-state index < -0.39 is 0 Å². The number of benzene rings is 1. The van der Waals surface area contributed by atoms with Crippen molar-refractivity contribution in [2.24, 2.45) is 5.73 Å². The van der Waals surface area contributed by atoms with Crippen molar-refractivity contribution < 1.29 is 0 Å². The minimum absolute atomic E-state index is 0.0297. The highest BCUT2D eigenvalue weighted by atomic mass is 15.3. The average molecular weight is 243 g/mol. The normalized spacial score (nSPS) is 11.8. The van der Waals surface area contributed by atoms with E-state index in [-0.39, 0.29) is 5.54 Å². The molecule has 2 N–H and O–H groups in total. The maximum atomic E-state index is 5.62. The second-order valence-electron chi connectivity index (χ2n) is 5.51. The van der Waals surface area contributed by atoms with E-state index in [1.807, 2.05) is 6.07 Å². The van der Waals surface area contributed by atoms with Gasteiger partial charge in [0.25, 0.3) is 0 Å². The lowest BCUT2D eigenvalue weighted by Crippen LogP contribution is -2.24. The monoisotopic (exact) mass is 243 g/mol. The van der Waals surface area contributed by atoms with Crippen LogP contribution < -0.4 is 5.73 Å². The third-order valence-corrected chi connectivity index (χ3v) is 2.87. The Bertz CT molecular complexity index is 506. The van der Waals surface area contributed by atoms with E-state index in [0.29, 0.717) is 6.54 Å². The molecule has 96 valence electrons. The molecule has 0 bridgehead atoms. The van der Waals surface area contributed by atoms with Crippen LogP contribution in [0.3, 0.4) is 0 Å². The van der Waals surface area contributed by atoms with Gasteiger partial charge in [-0.1, -0.05) is 30.3 Å². The van der Waals surface area contributed by atoms with Gasteiger partial charge in [-0.25, -0.2) is 0 Å². The molecule has 18 heavy (non-hydrogen) atoms. The highest BCUT2D eigenvalue weighted by Gasteiger charge is 2.20. The molecule has 0 aliphatic heterocycles. The number of hydrogen-bond donors (Lipinski definition) is 1. The minimum atomic E-state index is -0.0297. The number of aromatic nitrogens is 2. The maximum Gasteiger partial charge on any atom is 0.0691 e. The molecule has 1 aromatic heterocycles. The SMILES string of the molecule is CC(C)(C)n1nc(CCN)cc1-c1ccccc1. The van der Waals surface area contributed by atoms with Gasteiger partial charge in [-0.3, -0.25) is 4.68 Å². The molecule has 2 aromatic rings. The van der Waals surface area contributed by atoms with Crippen LogP contribution in [0.25, 0.3) is 11.3 Å². The van der Waals surface area contributed by atoms with Crippen LogP contribution in [0.2, 0.25) is 0 Å². The van der Waals surface area contributed by atoms with Gasteiger partial charge in [-0.05, 0) is 38.9 Å². The Morgan fingerprint density at radius 1 is 1.17 bits per heavy atom. The van der Waals surface area contributed by atoms with E-state index in [9.17, 15) is 0 Å². The highest BCUT2D eigenvalue weighted by molar-refractivity contribution is 5.60. The quantitative estimate of drug-likeness (QED) is 0.901. The van der Waals surface area contributed by atoms with Crippen LogP contribution in [0.5, 0.6) is 0 Å². The average Bonchev–Trinajstić information content (AvgIpc) is 2.75. The second-order valence-corrected chi connectivity index (χ2v) is 5.51. The molecule has 0 atom stereocenters. The molecule has 1 aromatic carbocycles. The van der Waals surface area contributed by atoms with Gasteiger partial charge in [-0.15, -0.1) is 0 Å². The zero-order valence-corrected chi connectivity index (χ0v) is 11.4. The largest absolute Gasteiger partial charge is 0.330 e. The van der Waals surface area contributed by atoms with Crippen LogP contribution in [-0.4, -0.2) is 16.3 Å². The molecule has 0 fully saturated rings. The van der Waals surface area contributed by atoms with Crippen molar-refractivity contribution in [3.63, 3.8) is 0 Å². The van der Waals surface area contributed by atoms with Crippen LogP contribution in [-0.2, 0) is 12.0 Å². The van der Waals surface area contributed by atoms with E-state index in [2.05, 4.69) is 60.9 Å². The van der Waals surface area contributed by atoms with Crippen molar-refractivity contribution in [3.05, 3.63) is 42.1 Å².